The number of aliphatic imine (C=N–C) groups is 1. The highest BCUT2D eigenvalue weighted by molar-refractivity contribution is 6.31. The van der Waals surface area contributed by atoms with Crippen molar-refractivity contribution >= 4 is 34.8 Å². The van der Waals surface area contributed by atoms with Crippen LogP contribution < -0.4 is 16.4 Å². The summed E-state index contributed by atoms with van der Waals surface area (Å²) >= 11 is 6.21. The molecule has 4 N–H and O–H groups in total. The fraction of sp³-hybridized carbons (Fsp3) is 0.500. The number of carbonyl (C=O) groups is 2. The predicted octanol–water partition coefficient (Wildman–Crippen LogP) is 1.12. The predicted molar refractivity (Wildman–Crippen MR) is 102 cm³/mol. The molecular formula is C18H24ClN5O2. The van der Waals surface area contributed by atoms with Crippen LogP contribution >= 0.6 is 11.6 Å². The molecular weight excluding hydrogens is 354 g/mol. The molecule has 0 bridgehead atoms. The van der Waals surface area contributed by atoms with Crippen LogP contribution in [0.25, 0.3) is 0 Å². The summed E-state index contributed by atoms with van der Waals surface area (Å²) < 4.78 is 0. The first-order valence-electron chi connectivity index (χ1n) is 8.77. The summed E-state index contributed by atoms with van der Waals surface area (Å²) in [6, 6.07) is 4.30. The minimum Gasteiger partial charge on any atom is -0.356 e. The Kier molecular flexibility index (Phi) is 5.05. The lowest BCUT2D eigenvalue weighted by atomic mass is 9.99. The van der Waals surface area contributed by atoms with Gasteiger partial charge in [0.05, 0.1) is 11.7 Å². The van der Waals surface area contributed by atoms with Crippen LogP contribution in [0.5, 0.6) is 0 Å². The number of amides is 1. The number of fused-ring (bicyclic) bond motifs is 1. The van der Waals surface area contributed by atoms with E-state index in [1.807, 2.05) is 0 Å². The minimum atomic E-state index is -2.05. The highest BCUT2D eigenvalue weighted by Gasteiger charge is 2.48. The van der Waals surface area contributed by atoms with Gasteiger partial charge < -0.3 is 15.5 Å². The third-order valence-corrected chi connectivity index (χ3v) is 5.15. The number of Topliss-reactive ketones (excluding diaryl/α,β-unsaturated/α-hetero) is 1. The zero-order valence-corrected chi connectivity index (χ0v) is 15.8. The topological polar surface area (TPSA) is 105 Å². The molecule has 140 valence electrons. The second kappa shape index (κ2) is 6.98. The average molecular weight is 378 g/mol. The largest absolute Gasteiger partial charge is 0.356 e. The van der Waals surface area contributed by atoms with Crippen molar-refractivity contribution in [1.82, 2.24) is 4.90 Å². The minimum absolute atomic E-state index is 0.524. The van der Waals surface area contributed by atoms with Gasteiger partial charge in [-0.2, -0.15) is 0 Å². The fourth-order valence-electron chi connectivity index (χ4n) is 3.47. The smallest absolute Gasteiger partial charge is 0.277 e. The number of hydrogen-bond donors (Lipinski definition) is 2. The van der Waals surface area contributed by atoms with Gasteiger partial charge in [-0.1, -0.05) is 11.6 Å². The van der Waals surface area contributed by atoms with Crippen LogP contribution in [-0.4, -0.2) is 54.3 Å². The van der Waals surface area contributed by atoms with Gasteiger partial charge in [-0.25, -0.2) is 4.99 Å². The number of rotatable bonds is 2. The Morgan fingerprint density at radius 2 is 1.96 bits per heavy atom. The number of nitrogens with two attached hydrogens (primary N) is 2. The van der Waals surface area contributed by atoms with E-state index < -0.39 is 23.4 Å². The molecule has 0 spiro atoms. The summed E-state index contributed by atoms with van der Waals surface area (Å²) in [5.41, 5.74) is 11.3. The number of piperidine rings is 1. The van der Waals surface area contributed by atoms with Crippen LogP contribution in [0.1, 0.15) is 31.7 Å². The number of benzene rings is 1. The zero-order chi connectivity index (χ0) is 19.1. The molecule has 1 fully saturated rings. The molecule has 3 rings (SSSR count). The maximum atomic E-state index is 13.1. The summed E-state index contributed by atoms with van der Waals surface area (Å²) in [5.74, 6) is -0.686. The zero-order valence-electron chi connectivity index (χ0n) is 15.0. The van der Waals surface area contributed by atoms with E-state index in [-0.39, 0.29) is 0 Å². The summed E-state index contributed by atoms with van der Waals surface area (Å²) in [6.07, 6.45) is 3.16. The van der Waals surface area contributed by atoms with Gasteiger partial charge in [0, 0.05) is 30.7 Å². The molecule has 1 unspecified atom stereocenters. The number of carbonyl (C=O) groups excluding carboxylic acids is 2. The van der Waals surface area contributed by atoms with Gasteiger partial charge in [-0.3, -0.25) is 15.3 Å². The SMILES string of the molecule is C[C@H](N)C(=O)C1(N)N=C(N2CCCCC2)c2cc(Cl)ccc2N(C)C1=O. The molecule has 26 heavy (non-hydrogen) atoms. The number of likely N-dealkylation sites (tertiary alicyclic amines) is 1. The van der Waals surface area contributed by atoms with Crippen molar-refractivity contribution in [2.75, 3.05) is 25.0 Å². The quantitative estimate of drug-likeness (QED) is 0.751. The highest BCUT2D eigenvalue weighted by Crippen LogP contribution is 2.32. The lowest BCUT2D eigenvalue weighted by Gasteiger charge is -2.31. The molecule has 0 aromatic heterocycles. The van der Waals surface area contributed by atoms with Gasteiger partial charge >= 0.3 is 0 Å². The van der Waals surface area contributed by atoms with Gasteiger partial charge in [0.25, 0.3) is 11.6 Å². The van der Waals surface area contributed by atoms with Gasteiger partial charge in [0.2, 0.25) is 5.78 Å². The molecule has 1 saturated heterocycles. The van der Waals surface area contributed by atoms with E-state index in [2.05, 4.69) is 9.89 Å². The molecule has 2 aliphatic rings. The Hall–Kier alpha value is -1.96. The van der Waals surface area contributed by atoms with Crippen molar-refractivity contribution in [3.05, 3.63) is 28.8 Å². The number of hydrogen-bond acceptors (Lipinski definition) is 6. The number of anilines is 1. The van der Waals surface area contributed by atoms with E-state index in [9.17, 15) is 9.59 Å². The average Bonchev–Trinajstić information content (AvgIpc) is 2.71. The van der Waals surface area contributed by atoms with Gasteiger partial charge in [-0.05, 0) is 44.4 Å². The normalized spacial score (nSPS) is 24.7. The van der Waals surface area contributed by atoms with E-state index in [0.29, 0.717) is 22.1 Å². The lowest BCUT2D eigenvalue weighted by Crippen LogP contribution is -2.62. The second-order valence-electron chi connectivity index (χ2n) is 6.93. The Balaban J connectivity index is 2.23. The van der Waals surface area contributed by atoms with Gasteiger partial charge in [0.15, 0.2) is 0 Å². The van der Waals surface area contributed by atoms with Crippen LogP contribution in [-0.2, 0) is 9.59 Å². The molecule has 1 aromatic carbocycles. The van der Waals surface area contributed by atoms with Crippen molar-refractivity contribution in [2.45, 2.75) is 37.9 Å². The third kappa shape index (κ3) is 3.11. The molecule has 1 aromatic rings. The molecule has 1 amide bonds. The number of benzodiazepines with no additional fused rings is 1. The maximum Gasteiger partial charge on any atom is 0.277 e. The molecule has 0 aliphatic carbocycles. The molecule has 7 nitrogen and oxygen atoms in total. The van der Waals surface area contributed by atoms with E-state index in [0.717, 1.165) is 32.4 Å². The summed E-state index contributed by atoms with van der Waals surface area (Å²) in [5, 5.41) is 0.525. The molecule has 2 heterocycles. The Bertz CT molecular complexity index is 773. The first-order valence-corrected chi connectivity index (χ1v) is 9.15. The van der Waals surface area contributed by atoms with E-state index >= 15 is 0 Å². The highest BCUT2D eigenvalue weighted by atomic mass is 35.5. The Morgan fingerprint density at radius 3 is 2.58 bits per heavy atom. The van der Waals surface area contributed by atoms with Crippen LogP contribution in [0.4, 0.5) is 5.69 Å². The summed E-state index contributed by atoms with van der Waals surface area (Å²) in [4.78, 5) is 33.7. The van der Waals surface area contributed by atoms with E-state index in [4.69, 9.17) is 23.1 Å². The molecule has 8 heteroatoms. The van der Waals surface area contributed by atoms with E-state index in [1.165, 1.54) is 11.8 Å². The molecule has 0 radical (unpaired) electrons. The molecule has 2 atom stereocenters. The van der Waals surface area contributed by atoms with Crippen LogP contribution in [0.2, 0.25) is 5.02 Å². The van der Waals surface area contributed by atoms with Crippen molar-refractivity contribution in [2.24, 2.45) is 16.5 Å². The maximum absolute atomic E-state index is 13.1. The Labute approximate surface area is 158 Å². The molecule has 2 aliphatic heterocycles. The van der Waals surface area contributed by atoms with Crippen LogP contribution in [0, 0.1) is 0 Å². The van der Waals surface area contributed by atoms with E-state index in [1.54, 1.807) is 25.2 Å². The Morgan fingerprint density at radius 1 is 1.31 bits per heavy atom. The lowest BCUT2D eigenvalue weighted by molar-refractivity contribution is -0.134. The van der Waals surface area contributed by atoms with Crippen molar-refractivity contribution in [1.29, 1.82) is 0 Å². The molecule has 0 saturated carbocycles. The summed E-state index contributed by atoms with van der Waals surface area (Å²) in [6.45, 7) is 3.07. The second-order valence-corrected chi connectivity index (χ2v) is 7.36. The monoisotopic (exact) mass is 377 g/mol. The number of halogens is 1. The van der Waals surface area contributed by atoms with Crippen LogP contribution in [0.3, 0.4) is 0 Å². The number of likely N-dealkylation sites (N-methyl/N-ethyl adjacent to an activating group) is 1. The van der Waals surface area contributed by atoms with Crippen molar-refractivity contribution in [3.8, 4) is 0 Å². The number of amidine groups is 1. The number of nitrogens with zero attached hydrogens (tertiary/aromatic N) is 3. The fourth-order valence-corrected chi connectivity index (χ4v) is 3.65. The number of ketones is 1. The first-order chi connectivity index (χ1) is 12.3. The van der Waals surface area contributed by atoms with Gasteiger partial charge in [-0.15, -0.1) is 0 Å². The van der Waals surface area contributed by atoms with Gasteiger partial charge in [0.1, 0.15) is 5.84 Å². The standard InChI is InChI=1S/C18H24ClN5O2/c1-11(20)15(25)18(21)17(26)23(2)14-7-6-12(19)10-13(14)16(22-18)24-8-4-3-5-9-24/h6-7,10-11H,3-5,8-9,20-21H2,1-2H3/t11-,18?/m0/s1. The van der Waals surface area contributed by atoms with Crippen LogP contribution in [0.15, 0.2) is 23.2 Å². The van der Waals surface area contributed by atoms with Crippen molar-refractivity contribution in [3.63, 3.8) is 0 Å². The van der Waals surface area contributed by atoms with Crippen molar-refractivity contribution < 1.29 is 9.59 Å². The first kappa shape index (κ1) is 18.8. The summed E-state index contributed by atoms with van der Waals surface area (Å²) in [7, 11) is 1.58. The third-order valence-electron chi connectivity index (χ3n) is 4.92.